The van der Waals surface area contributed by atoms with E-state index in [9.17, 15) is 13.2 Å². The van der Waals surface area contributed by atoms with Gasteiger partial charge in [0.1, 0.15) is 0 Å². The first kappa shape index (κ1) is 18.4. The molecule has 3 rings (SSSR count). The Bertz CT molecular complexity index is 675. The quantitative estimate of drug-likeness (QED) is 0.897. The molecule has 6 heteroatoms. The van der Waals surface area contributed by atoms with Crippen molar-refractivity contribution < 1.29 is 13.2 Å². The SMILES string of the molecule is O=C1NCCCCCCN(S(=O)(=O)Cc2ccccc2)[C@H]2CCC[C@@H]12. The lowest BCUT2D eigenvalue weighted by atomic mass is 10.0. The highest BCUT2D eigenvalue weighted by Gasteiger charge is 2.41. The first-order valence-corrected chi connectivity index (χ1v) is 11.0. The lowest BCUT2D eigenvalue weighted by molar-refractivity contribution is -0.125. The smallest absolute Gasteiger partial charge is 0.224 e. The average molecular weight is 365 g/mol. The molecule has 1 N–H and O–H groups in total. The highest BCUT2D eigenvalue weighted by Crippen LogP contribution is 2.33. The van der Waals surface area contributed by atoms with Gasteiger partial charge < -0.3 is 5.32 Å². The van der Waals surface area contributed by atoms with Crippen LogP contribution >= 0.6 is 0 Å². The molecule has 1 aromatic rings. The molecule has 2 atom stereocenters. The third-order valence-corrected chi connectivity index (χ3v) is 7.21. The van der Waals surface area contributed by atoms with Gasteiger partial charge in [-0.25, -0.2) is 8.42 Å². The third kappa shape index (κ3) is 4.61. The summed E-state index contributed by atoms with van der Waals surface area (Å²) in [6, 6.07) is 9.13. The number of benzene rings is 1. The fraction of sp³-hybridized carbons (Fsp3) is 0.632. The van der Waals surface area contributed by atoms with Crippen LogP contribution in [0.25, 0.3) is 0 Å². The molecule has 1 amide bonds. The number of nitrogens with zero attached hydrogens (tertiary/aromatic N) is 1. The molecule has 138 valence electrons. The molecule has 1 aliphatic carbocycles. The molecule has 2 aliphatic rings. The maximum Gasteiger partial charge on any atom is 0.224 e. The summed E-state index contributed by atoms with van der Waals surface area (Å²) in [6.07, 6.45) is 6.36. The molecule has 0 radical (unpaired) electrons. The van der Waals surface area contributed by atoms with Crippen LogP contribution in [-0.4, -0.2) is 37.8 Å². The van der Waals surface area contributed by atoms with E-state index in [1.54, 1.807) is 4.31 Å². The maximum atomic E-state index is 13.1. The number of nitrogens with one attached hydrogen (secondary N) is 1. The zero-order valence-electron chi connectivity index (χ0n) is 14.7. The molecule has 25 heavy (non-hydrogen) atoms. The van der Waals surface area contributed by atoms with Crippen LogP contribution < -0.4 is 5.32 Å². The summed E-state index contributed by atoms with van der Waals surface area (Å²) in [5.41, 5.74) is 0.802. The number of carbonyl (C=O) groups excluding carboxylic acids is 1. The largest absolute Gasteiger partial charge is 0.356 e. The molecule has 1 saturated heterocycles. The van der Waals surface area contributed by atoms with Crippen LogP contribution in [0.3, 0.4) is 0 Å². The van der Waals surface area contributed by atoms with Gasteiger partial charge >= 0.3 is 0 Å². The first-order valence-electron chi connectivity index (χ1n) is 9.39. The van der Waals surface area contributed by atoms with E-state index in [0.717, 1.165) is 50.5 Å². The molecule has 1 heterocycles. The zero-order chi connectivity index (χ0) is 17.7. The molecule has 0 spiro atoms. The summed E-state index contributed by atoms with van der Waals surface area (Å²) in [4.78, 5) is 12.5. The van der Waals surface area contributed by atoms with Gasteiger partial charge in [-0.3, -0.25) is 4.79 Å². The van der Waals surface area contributed by atoms with Crippen LogP contribution in [0.15, 0.2) is 30.3 Å². The lowest BCUT2D eigenvalue weighted by Gasteiger charge is -2.31. The van der Waals surface area contributed by atoms with Crippen molar-refractivity contribution in [2.24, 2.45) is 5.92 Å². The predicted molar refractivity (Wildman–Crippen MR) is 98.4 cm³/mol. The van der Waals surface area contributed by atoms with E-state index in [1.807, 2.05) is 30.3 Å². The summed E-state index contributed by atoms with van der Waals surface area (Å²) in [6.45, 7) is 1.24. The van der Waals surface area contributed by atoms with Crippen molar-refractivity contribution in [3.8, 4) is 0 Å². The van der Waals surface area contributed by atoms with Crippen LogP contribution in [0.1, 0.15) is 50.5 Å². The Balaban J connectivity index is 1.84. The van der Waals surface area contributed by atoms with E-state index in [4.69, 9.17) is 0 Å². The van der Waals surface area contributed by atoms with Crippen LogP contribution in [0, 0.1) is 5.92 Å². The first-order chi connectivity index (χ1) is 12.1. The zero-order valence-corrected chi connectivity index (χ0v) is 15.5. The van der Waals surface area contributed by atoms with Crippen molar-refractivity contribution in [1.29, 1.82) is 0 Å². The molecule has 1 saturated carbocycles. The molecule has 0 aromatic heterocycles. The lowest BCUT2D eigenvalue weighted by Crippen LogP contribution is -2.47. The van der Waals surface area contributed by atoms with E-state index in [1.165, 1.54) is 0 Å². The molecule has 1 aromatic carbocycles. The van der Waals surface area contributed by atoms with Crippen LogP contribution in [0.4, 0.5) is 0 Å². The Morgan fingerprint density at radius 3 is 2.56 bits per heavy atom. The Morgan fingerprint density at radius 2 is 1.76 bits per heavy atom. The summed E-state index contributed by atoms with van der Waals surface area (Å²) in [7, 11) is -3.44. The number of hydrogen-bond donors (Lipinski definition) is 1. The van der Waals surface area contributed by atoms with E-state index >= 15 is 0 Å². The summed E-state index contributed by atoms with van der Waals surface area (Å²) in [5, 5.41) is 3.01. The van der Waals surface area contributed by atoms with Crippen molar-refractivity contribution in [1.82, 2.24) is 9.62 Å². The normalized spacial score (nSPS) is 26.5. The van der Waals surface area contributed by atoms with Crippen molar-refractivity contribution in [3.63, 3.8) is 0 Å². The van der Waals surface area contributed by atoms with Gasteiger partial charge in [0.2, 0.25) is 15.9 Å². The third-order valence-electron chi connectivity index (χ3n) is 5.34. The van der Waals surface area contributed by atoms with Gasteiger partial charge in [-0.2, -0.15) is 4.31 Å². The van der Waals surface area contributed by atoms with Crippen molar-refractivity contribution in [3.05, 3.63) is 35.9 Å². The fourth-order valence-electron chi connectivity index (χ4n) is 4.06. The molecular formula is C19H28N2O3S. The standard InChI is InChI=1S/C19H28N2O3S/c22-19-17-11-8-12-18(17)21(14-7-2-1-6-13-20-19)25(23,24)15-16-9-4-3-5-10-16/h3-5,9-10,17-18H,1-2,6-8,11-15H2,(H,20,22)/t17-,18+/m1/s1. The topological polar surface area (TPSA) is 66.5 Å². The van der Waals surface area contributed by atoms with Gasteiger partial charge in [0, 0.05) is 19.1 Å². The van der Waals surface area contributed by atoms with Crippen LogP contribution in [0.5, 0.6) is 0 Å². The highest BCUT2D eigenvalue weighted by molar-refractivity contribution is 7.88. The Hall–Kier alpha value is -1.40. The fourth-order valence-corrected chi connectivity index (χ4v) is 5.91. The molecule has 0 bridgehead atoms. The number of carbonyl (C=O) groups is 1. The van der Waals surface area contributed by atoms with Crippen molar-refractivity contribution >= 4 is 15.9 Å². The Labute approximate surface area is 150 Å². The van der Waals surface area contributed by atoms with E-state index in [-0.39, 0.29) is 23.6 Å². The Morgan fingerprint density at radius 1 is 1.00 bits per heavy atom. The van der Waals surface area contributed by atoms with Gasteiger partial charge in [0.15, 0.2) is 0 Å². The molecule has 2 fully saturated rings. The van der Waals surface area contributed by atoms with Crippen LogP contribution in [0.2, 0.25) is 0 Å². The van der Waals surface area contributed by atoms with Crippen molar-refractivity contribution in [2.45, 2.75) is 56.7 Å². The molecule has 5 nitrogen and oxygen atoms in total. The average Bonchev–Trinajstić information content (AvgIpc) is 3.05. The van der Waals surface area contributed by atoms with Gasteiger partial charge in [-0.05, 0) is 31.2 Å². The second-order valence-corrected chi connectivity index (χ2v) is 9.08. The van der Waals surface area contributed by atoms with Gasteiger partial charge in [-0.15, -0.1) is 0 Å². The minimum Gasteiger partial charge on any atom is -0.356 e. The number of hydrogen-bond acceptors (Lipinski definition) is 3. The van der Waals surface area contributed by atoms with E-state index < -0.39 is 10.0 Å². The summed E-state index contributed by atoms with van der Waals surface area (Å²) < 4.78 is 28.0. The molecule has 0 unspecified atom stereocenters. The Kier molecular flexibility index (Phi) is 6.12. The van der Waals surface area contributed by atoms with E-state index in [2.05, 4.69) is 5.32 Å². The second kappa shape index (κ2) is 8.32. The molecule has 1 aliphatic heterocycles. The monoisotopic (exact) mass is 364 g/mol. The van der Waals surface area contributed by atoms with Crippen LogP contribution in [-0.2, 0) is 20.6 Å². The predicted octanol–water partition coefficient (Wildman–Crippen LogP) is 2.68. The van der Waals surface area contributed by atoms with Gasteiger partial charge in [-0.1, -0.05) is 49.6 Å². The highest BCUT2D eigenvalue weighted by atomic mass is 32.2. The second-order valence-electron chi connectivity index (χ2n) is 7.16. The number of fused-ring (bicyclic) bond motifs is 1. The minimum atomic E-state index is -3.44. The summed E-state index contributed by atoms with van der Waals surface area (Å²) >= 11 is 0. The van der Waals surface area contributed by atoms with Crippen molar-refractivity contribution in [2.75, 3.05) is 13.1 Å². The number of sulfonamides is 1. The number of rotatable bonds is 3. The maximum absolute atomic E-state index is 13.1. The number of amides is 1. The molecular weight excluding hydrogens is 336 g/mol. The van der Waals surface area contributed by atoms with Gasteiger partial charge in [0.05, 0.1) is 11.7 Å². The minimum absolute atomic E-state index is 0.0126. The summed E-state index contributed by atoms with van der Waals surface area (Å²) in [5.74, 6) is -0.161. The van der Waals surface area contributed by atoms with Gasteiger partial charge in [0.25, 0.3) is 0 Å². The van der Waals surface area contributed by atoms with E-state index in [0.29, 0.717) is 13.1 Å².